The lowest BCUT2D eigenvalue weighted by molar-refractivity contribution is 0.0976. The van der Waals surface area contributed by atoms with E-state index in [2.05, 4.69) is 10.1 Å². The second-order valence-corrected chi connectivity index (χ2v) is 5.48. The number of hydrogen-bond acceptors (Lipinski definition) is 5. The second-order valence-electron chi connectivity index (χ2n) is 5.48. The predicted molar refractivity (Wildman–Crippen MR) is 73.9 cm³/mol. The van der Waals surface area contributed by atoms with Crippen molar-refractivity contribution in [1.82, 2.24) is 15.0 Å². The third-order valence-corrected chi connectivity index (χ3v) is 3.95. The normalized spacial score (nSPS) is 20.5. The molecule has 2 atom stereocenters. The lowest BCUT2D eigenvalue weighted by atomic mass is 10.1. The third kappa shape index (κ3) is 2.86. The Morgan fingerprint density at radius 1 is 1.41 bits per heavy atom. The van der Waals surface area contributed by atoms with Crippen LogP contribution in [0.2, 0.25) is 0 Å². The van der Waals surface area contributed by atoms with Gasteiger partial charge in [0.05, 0.1) is 17.7 Å². The zero-order chi connectivity index (χ0) is 15.7. The van der Waals surface area contributed by atoms with Crippen LogP contribution in [0.4, 0.5) is 8.78 Å². The molecule has 3 rings (SSSR count). The van der Waals surface area contributed by atoms with Crippen LogP contribution in [-0.4, -0.2) is 33.2 Å². The minimum absolute atomic E-state index is 0.0954. The van der Waals surface area contributed by atoms with Gasteiger partial charge in [0.1, 0.15) is 11.6 Å². The summed E-state index contributed by atoms with van der Waals surface area (Å²) in [5.74, 6) is -0.448. The van der Waals surface area contributed by atoms with Crippen molar-refractivity contribution in [2.45, 2.75) is 31.9 Å². The van der Waals surface area contributed by atoms with E-state index in [1.54, 1.807) is 6.92 Å². The molecule has 0 saturated carbocycles. The van der Waals surface area contributed by atoms with Gasteiger partial charge in [0, 0.05) is 13.5 Å². The van der Waals surface area contributed by atoms with Crippen molar-refractivity contribution in [2.24, 2.45) is 0 Å². The second kappa shape index (κ2) is 6.10. The molecule has 0 aliphatic carbocycles. The predicted octanol–water partition coefficient (Wildman–Crippen LogP) is 2.53. The summed E-state index contributed by atoms with van der Waals surface area (Å²) in [6.45, 7) is 2.54. The number of rotatable bonds is 4. The van der Waals surface area contributed by atoms with Crippen molar-refractivity contribution in [3.8, 4) is 0 Å². The molecule has 7 heteroatoms. The summed E-state index contributed by atoms with van der Waals surface area (Å²) < 4.78 is 32.5. The summed E-state index contributed by atoms with van der Waals surface area (Å²) in [6, 6.07) is 3.47. The molecule has 0 spiro atoms. The summed E-state index contributed by atoms with van der Waals surface area (Å²) in [5, 5.41) is 14.1. The Morgan fingerprint density at radius 3 is 2.77 bits per heavy atom. The number of aliphatic hydroxyl groups excluding tert-OH is 1. The van der Waals surface area contributed by atoms with Crippen LogP contribution in [0.15, 0.2) is 22.7 Å². The number of aryl methyl sites for hydroxylation is 1. The molecular weight excluding hydrogens is 292 g/mol. The maximum Gasteiger partial charge on any atom is 0.223 e. The van der Waals surface area contributed by atoms with Gasteiger partial charge in [-0.15, -0.1) is 0 Å². The molecule has 1 saturated heterocycles. The van der Waals surface area contributed by atoms with Crippen LogP contribution in [0, 0.1) is 18.6 Å². The smallest absolute Gasteiger partial charge is 0.223 e. The SMILES string of the molecule is Cc1nc([C@@H]2CCCN2C[C@@H](O)c2c(F)cccc2F)no1. The molecule has 1 aromatic carbocycles. The quantitative estimate of drug-likeness (QED) is 0.940. The summed E-state index contributed by atoms with van der Waals surface area (Å²) in [6.07, 6.45) is 0.491. The average Bonchev–Trinajstić information content (AvgIpc) is 3.07. The largest absolute Gasteiger partial charge is 0.387 e. The molecule has 1 aliphatic heterocycles. The van der Waals surface area contributed by atoms with E-state index in [9.17, 15) is 13.9 Å². The van der Waals surface area contributed by atoms with Crippen molar-refractivity contribution < 1.29 is 18.4 Å². The first-order valence-corrected chi connectivity index (χ1v) is 7.22. The van der Waals surface area contributed by atoms with Gasteiger partial charge in [-0.3, -0.25) is 4.90 Å². The molecule has 118 valence electrons. The highest BCUT2D eigenvalue weighted by Crippen LogP contribution is 2.32. The first-order chi connectivity index (χ1) is 10.6. The van der Waals surface area contributed by atoms with Gasteiger partial charge in [-0.1, -0.05) is 11.2 Å². The van der Waals surface area contributed by atoms with Crippen molar-refractivity contribution in [3.05, 3.63) is 47.1 Å². The molecule has 1 fully saturated rings. The Kier molecular flexibility index (Phi) is 4.17. The van der Waals surface area contributed by atoms with Crippen LogP contribution in [0.1, 0.15) is 42.3 Å². The third-order valence-electron chi connectivity index (χ3n) is 3.95. The molecule has 0 amide bonds. The molecule has 22 heavy (non-hydrogen) atoms. The van der Waals surface area contributed by atoms with Gasteiger partial charge in [-0.25, -0.2) is 8.78 Å². The topological polar surface area (TPSA) is 62.4 Å². The summed E-state index contributed by atoms with van der Waals surface area (Å²) in [7, 11) is 0. The lowest BCUT2D eigenvalue weighted by Gasteiger charge is -2.25. The highest BCUT2D eigenvalue weighted by atomic mass is 19.1. The van der Waals surface area contributed by atoms with Crippen LogP contribution >= 0.6 is 0 Å². The van der Waals surface area contributed by atoms with Gasteiger partial charge >= 0.3 is 0 Å². The Morgan fingerprint density at radius 2 is 2.14 bits per heavy atom. The van der Waals surface area contributed by atoms with Crippen LogP contribution in [-0.2, 0) is 0 Å². The van der Waals surface area contributed by atoms with E-state index >= 15 is 0 Å². The first kappa shape index (κ1) is 15.1. The van der Waals surface area contributed by atoms with E-state index in [4.69, 9.17) is 4.52 Å². The maximum absolute atomic E-state index is 13.7. The van der Waals surface area contributed by atoms with Crippen LogP contribution in [0.25, 0.3) is 0 Å². The van der Waals surface area contributed by atoms with Gasteiger partial charge in [0.2, 0.25) is 5.89 Å². The van der Waals surface area contributed by atoms with Gasteiger partial charge in [0.25, 0.3) is 0 Å². The fourth-order valence-corrected chi connectivity index (χ4v) is 2.93. The highest BCUT2D eigenvalue weighted by Gasteiger charge is 2.32. The van der Waals surface area contributed by atoms with E-state index in [1.165, 1.54) is 6.07 Å². The van der Waals surface area contributed by atoms with Crippen molar-refractivity contribution in [1.29, 1.82) is 0 Å². The van der Waals surface area contributed by atoms with Crippen molar-refractivity contribution >= 4 is 0 Å². The van der Waals surface area contributed by atoms with E-state index in [-0.39, 0.29) is 18.2 Å². The molecule has 1 N–H and O–H groups in total. The number of halogens is 2. The summed E-state index contributed by atoms with van der Waals surface area (Å²) in [4.78, 5) is 6.14. The summed E-state index contributed by atoms with van der Waals surface area (Å²) >= 11 is 0. The zero-order valence-corrected chi connectivity index (χ0v) is 12.2. The van der Waals surface area contributed by atoms with Crippen molar-refractivity contribution in [3.63, 3.8) is 0 Å². The number of hydrogen-bond donors (Lipinski definition) is 1. The molecule has 0 radical (unpaired) electrons. The fraction of sp³-hybridized carbons (Fsp3) is 0.467. The van der Waals surface area contributed by atoms with Crippen LogP contribution in [0.3, 0.4) is 0 Å². The minimum atomic E-state index is -1.24. The number of β-amino-alcohol motifs (C(OH)–C–C–N with tert-alkyl or cyclic N) is 1. The molecule has 2 aromatic rings. The molecule has 1 aromatic heterocycles. The number of aromatic nitrogens is 2. The standard InChI is InChI=1S/C15H17F2N3O2/c1-9-18-15(19-22-9)12-6-3-7-20(12)8-13(21)14-10(16)4-2-5-11(14)17/h2,4-5,12-13,21H,3,6-8H2,1H3/t12-,13+/m0/s1. The lowest BCUT2D eigenvalue weighted by Crippen LogP contribution is -2.29. The Hall–Kier alpha value is -1.86. The minimum Gasteiger partial charge on any atom is -0.387 e. The zero-order valence-electron chi connectivity index (χ0n) is 12.2. The van der Waals surface area contributed by atoms with E-state index in [1.807, 2.05) is 4.90 Å². The molecule has 0 bridgehead atoms. The average molecular weight is 309 g/mol. The first-order valence-electron chi connectivity index (χ1n) is 7.22. The fourth-order valence-electron chi connectivity index (χ4n) is 2.93. The number of benzene rings is 1. The van der Waals surface area contributed by atoms with Crippen molar-refractivity contribution in [2.75, 3.05) is 13.1 Å². The van der Waals surface area contributed by atoms with Gasteiger partial charge in [0.15, 0.2) is 5.82 Å². The maximum atomic E-state index is 13.7. The molecule has 2 heterocycles. The van der Waals surface area contributed by atoms with Crippen LogP contribution in [0.5, 0.6) is 0 Å². The van der Waals surface area contributed by atoms with Gasteiger partial charge < -0.3 is 9.63 Å². The molecule has 1 aliphatic rings. The van der Waals surface area contributed by atoms with E-state index < -0.39 is 17.7 Å². The molecular formula is C15H17F2N3O2. The van der Waals surface area contributed by atoms with Crippen LogP contribution < -0.4 is 0 Å². The number of aliphatic hydroxyl groups is 1. The molecule has 0 unspecified atom stereocenters. The Bertz CT molecular complexity index is 642. The van der Waals surface area contributed by atoms with E-state index in [0.717, 1.165) is 25.0 Å². The molecule has 5 nitrogen and oxygen atoms in total. The van der Waals surface area contributed by atoms with Gasteiger partial charge in [-0.2, -0.15) is 4.98 Å². The highest BCUT2D eigenvalue weighted by molar-refractivity contribution is 5.22. The number of nitrogens with zero attached hydrogens (tertiary/aromatic N) is 3. The van der Waals surface area contributed by atoms with Gasteiger partial charge in [-0.05, 0) is 31.5 Å². The Labute approximate surface area is 126 Å². The monoisotopic (exact) mass is 309 g/mol. The van der Waals surface area contributed by atoms with E-state index in [0.29, 0.717) is 18.3 Å². The Balaban J connectivity index is 1.77. The summed E-state index contributed by atoms with van der Waals surface area (Å²) in [5.41, 5.74) is -0.294. The number of likely N-dealkylation sites (tertiary alicyclic amines) is 1.